The number of ether oxygens (including phenoxy) is 1. The first-order valence-electron chi connectivity index (χ1n) is 6.73. The molecule has 0 aliphatic heterocycles. The van der Waals surface area contributed by atoms with Crippen molar-refractivity contribution >= 4 is 29.2 Å². The van der Waals surface area contributed by atoms with Gasteiger partial charge in [0.25, 0.3) is 0 Å². The van der Waals surface area contributed by atoms with E-state index in [-0.39, 0.29) is 17.8 Å². The van der Waals surface area contributed by atoms with Crippen molar-refractivity contribution in [3.8, 4) is 5.75 Å². The van der Waals surface area contributed by atoms with Gasteiger partial charge in [0.05, 0.1) is 18.1 Å². The molecule has 1 saturated carbocycles. The van der Waals surface area contributed by atoms with E-state index in [1.54, 1.807) is 13.2 Å². The van der Waals surface area contributed by atoms with Gasteiger partial charge in [-0.2, -0.15) is 0 Å². The molecule has 20 heavy (non-hydrogen) atoms. The Morgan fingerprint density at radius 1 is 1.50 bits per heavy atom. The molecule has 2 rings (SSSR count). The molecule has 0 aromatic heterocycles. The van der Waals surface area contributed by atoms with Crippen LogP contribution in [0.5, 0.6) is 5.75 Å². The Balaban J connectivity index is 2.21. The van der Waals surface area contributed by atoms with Crippen LogP contribution in [0.3, 0.4) is 0 Å². The number of carboxylic acids is 1. The number of rotatable bonds is 6. The van der Waals surface area contributed by atoms with E-state index in [4.69, 9.17) is 33.0 Å². The lowest BCUT2D eigenvalue weighted by Gasteiger charge is -2.19. The maximum absolute atomic E-state index is 10.9. The first-order chi connectivity index (χ1) is 9.47. The van der Waals surface area contributed by atoms with E-state index in [1.165, 1.54) is 0 Å². The molecule has 5 heteroatoms. The monoisotopic (exact) mass is 316 g/mol. The van der Waals surface area contributed by atoms with Crippen LogP contribution in [-0.4, -0.2) is 18.2 Å². The van der Waals surface area contributed by atoms with Crippen molar-refractivity contribution in [3.05, 3.63) is 27.7 Å². The quantitative estimate of drug-likeness (QED) is 0.833. The van der Waals surface area contributed by atoms with Gasteiger partial charge >= 0.3 is 5.97 Å². The molecule has 3 unspecified atom stereocenters. The van der Waals surface area contributed by atoms with Gasteiger partial charge in [0.1, 0.15) is 5.75 Å². The van der Waals surface area contributed by atoms with Gasteiger partial charge in [-0.1, -0.05) is 30.1 Å². The predicted molar refractivity (Wildman–Crippen MR) is 79.9 cm³/mol. The molecule has 1 aromatic carbocycles. The molecular weight excluding hydrogens is 299 g/mol. The van der Waals surface area contributed by atoms with Gasteiger partial charge in [-0.05, 0) is 43.2 Å². The lowest BCUT2D eigenvalue weighted by atomic mass is 9.90. The van der Waals surface area contributed by atoms with Crippen molar-refractivity contribution in [2.24, 2.45) is 11.8 Å². The van der Waals surface area contributed by atoms with Crippen LogP contribution in [0, 0.1) is 11.8 Å². The second-order valence-electron chi connectivity index (χ2n) is 5.29. The van der Waals surface area contributed by atoms with Crippen molar-refractivity contribution < 1.29 is 14.6 Å². The van der Waals surface area contributed by atoms with E-state index in [0.29, 0.717) is 15.8 Å². The second-order valence-corrected chi connectivity index (χ2v) is 6.14. The first-order valence-corrected chi connectivity index (χ1v) is 7.49. The Kier molecular flexibility index (Phi) is 4.82. The van der Waals surface area contributed by atoms with E-state index in [1.807, 2.05) is 6.07 Å². The van der Waals surface area contributed by atoms with Crippen LogP contribution in [0.4, 0.5) is 0 Å². The summed E-state index contributed by atoms with van der Waals surface area (Å²) in [4.78, 5) is 10.9. The van der Waals surface area contributed by atoms with Crippen LogP contribution < -0.4 is 4.74 Å². The number of aliphatic carboxylic acids is 1. The Morgan fingerprint density at radius 2 is 2.20 bits per heavy atom. The summed E-state index contributed by atoms with van der Waals surface area (Å²) >= 11 is 12.2. The minimum absolute atomic E-state index is 0.190. The summed E-state index contributed by atoms with van der Waals surface area (Å²) in [6, 6.07) is 3.54. The molecular formula is C15H18Cl2O3. The number of carbonyl (C=O) groups is 1. The molecule has 1 fully saturated rings. The SMILES string of the molecule is CCC(CC1CC1C(=O)O)c1cc(Cl)cc(Cl)c1OC. The number of carboxylic acid groups (broad SMARTS) is 1. The average Bonchev–Trinajstić information content (AvgIpc) is 3.14. The molecule has 110 valence electrons. The molecule has 0 bridgehead atoms. The Labute approximate surface area is 128 Å². The highest BCUT2D eigenvalue weighted by molar-refractivity contribution is 6.35. The molecule has 1 aliphatic rings. The number of halogens is 2. The Bertz CT molecular complexity index is 516. The molecule has 3 nitrogen and oxygen atoms in total. The fraction of sp³-hybridized carbons (Fsp3) is 0.533. The van der Waals surface area contributed by atoms with Gasteiger partial charge in [-0.25, -0.2) is 0 Å². The van der Waals surface area contributed by atoms with Crippen LogP contribution in [0.2, 0.25) is 10.0 Å². The van der Waals surface area contributed by atoms with Gasteiger partial charge < -0.3 is 9.84 Å². The molecule has 0 heterocycles. The van der Waals surface area contributed by atoms with Crippen molar-refractivity contribution in [1.29, 1.82) is 0 Å². The largest absolute Gasteiger partial charge is 0.495 e. The van der Waals surface area contributed by atoms with E-state index < -0.39 is 5.97 Å². The number of hydrogen-bond acceptors (Lipinski definition) is 2. The predicted octanol–water partition coefficient (Wildman–Crippen LogP) is 4.61. The van der Waals surface area contributed by atoms with Crippen LogP contribution in [0.15, 0.2) is 12.1 Å². The van der Waals surface area contributed by atoms with Gasteiger partial charge in [0.15, 0.2) is 0 Å². The zero-order valence-corrected chi connectivity index (χ0v) is 13.0. The normalized spacial score (nSPS) is 22.4. The van der Waals surface area contributed by atoms with Crippen molar-refractivity contribution in [2.75, 3.05) is 7.11 Å². The lowest BCUT2D eigenvalue weighted by Crippen LogP contribution is -2.05. The highest BCUT2D eigenvalue weighted by Gasteiger charge is 2.44. The smallest absolute Gasteiger partial charge is 0.306 e. The zero-order valence-electron chi connectivity index (χ0n) is 11.5. The maximum Gasteiger partial charge on any atom is 0.306 e. The van der Waals surface area contributed by atoms with Gasteiger partial charge in [-0.15, -0.1) is 0 Å². The zero-order chi connectivity index (χ0) is 14.9. The summed E-state index contributed by atoms with van der Waals surface area (Å²) in [6.07, 6.45) is 2.50. The second kappa shape index (κ2) is 6.23. The lowest BCUT2D eigenvalue weighted by molar-refractivity contribution is -0.138. The Morgan fingerprint density at radius 3 is 2.70 bits per heavy atom. The van der Waals surface area contributed by atoms with Crippen LogP contribution in [0.1, 0.15) is 37.7 Å². The van der Waals surface area contributed by atoms with Crippen molar-refractivity contribution in [1.82, 2.24) is 0 Å². The third-order valence-electron chi connectivity index (χ3n) is 4.00. The molecule has 0 saturated heterocycles. The third-order valence-corrected chi connectivity index (χ3v) is 4.50. The fourth-order valence-electron chi connectivity index (χ4n) is 2.79. The summed E-state index contributed by atoms with van der Waals surface area (Å²) in [6.45, 7) is 2.08. The minimum atomic E-state index is -0.694. The summed E-state index contributed by atoms with van der Waals surface area (Å²) in [7, 11) is 1.59. The Hall–Kier alpha value is -0.930. The topological polar surface area (TPSA) is 46.5 Å². The maximum atomic E-state index is 10.9. The van der Waals surface area contributed by atoms with Crippen LogP contribution >= 0.6 is 23.2 Å². The van der Waals surface area contributed by atoms with Gasteiger partial charge in [-0.3, -0.25) is 4.79 Å². The summed E-state index contributed by atoms with van der Waals surface area (Å²) < 4.78 is 5.38. The third kappa shape index (κ3) is 3.21. The highest BCUT2D eigenvalue weighted by Crippen LogP contribution is 2.48. The number of hydrogen-bond donors (Lipinski definition) is 1. The molecule has 1 N–H and O–H groups in total. The van der Waals surface area contributed by atoms with E-state index in [2.05, 4.69) is 6.92 Å². The summed E-state index contributed by atoms with van der Waals surface area (Å²) in [5.41, 5.74) is 0.975. The molecule has 0 amide bonds. The van der Waals surface area contributed by atoms with Gasteiger partial charge in [0.2, 0.25) is 0 Å². The molecule has 1 aromatic rings. The summed E-state index contributed by atoms with van der Waals surface area (Å²) in [5, 5.41) is 10.1. The fourth-order valence-corrected chi connectivity index (χ4v) is 3.37. The van der Waals surface area contributed by atoms with Crippen LogP contribution in [0.25, 0.3) is 0 Å². The molecule has 0 spiro atoms. The van der Waals surface area contributed by atoms with Crippen molar-refractivity contribution in [2.45, 2.75) is 32.1 Å². The summed E-state index contributed by atoms with van der Waals surface area (Å²) in [5.74, 6) is 0.233. The standard InChI is InChI=1S/C15H18Cl2O3/c1-3-8(4-9-5-12(9)15(18)19)11-6-10(16)7-13(17)14(11)20-2/h6-9,12H,3-5H2,1-2H3,(H,18,19). The van der Waals surface area contributed by atoms with E-state index in [0.717, 1.165) is 24.8 Å². The molecule has 0 radical (unpaired) electrons. The number of methoxy groups -OCH3 is 1. The first kappa shape index (κ1) is 15.5. The molecule has 3 atom stereocenters. The average molecular weight is 317 g/mol. The van der Waals surface area contributed by atoms with E-state index in [9.17, 15) is 4.79 Å². The number of benzene rings is 1. The molecule has 1 aliphatic carbocycles. The van der Waals surface area contributed by atoms with Crippen LogP contribution in [-0.2, 0) is 4.79 Å². The minimum Gasteiger partial charge on any atom is -0.495 e. The van der Waals surface area contributed by atoms with E-state index >= 15 is 0 Å². The van der Waals surface area contributed by atoms with Crippen molar-refractivity contribution in [3.63, 3.8) is 0 Å². The van der Waals surface area contributed by atoms with Gasteiger partial charge in [0, 0.05) is 10.6 Å². The highest BCUT2D eigenvalue weighted by atomic mass is 35.5.